The molecule has 134 valence electrons. The van der Waals surface area contributed by atoms with E-state index in [0.29, 0.717) is 22.9 Å². The number of nitrogens with one attached hydrogen (secondary N) is 1. The van der Waals surface area contributed by atoms with Crippen LogP contribution >= 0.6 is 12.2 Å². The SMILES string of the molecule is COc1ccc(C=Nn2c(C)n[nH]c2=S)cc1Cn1ccc([N+](=O)[O-])n1. The monoisotopic (exact) mass is 373 g/mol. The number of aryl methyl sites for hydroxylation is 1. The van der Waals surface area contributed by atoms with E-state index in [1.165, 1.54) is 15.4 Å². The van der Waals surface area contributed by atoms with E-state index in [1.54, 1.807) is 32.5 Å². The summed E-state index contributed by atoms with van der Waals surface area (Å²) in [4.78, 5) is 10.2. The van der Waals surface area contributed by atoms with Crippen LogP contribution in [0.25, 0.3) is 0 Å². The molecule has 0 aliphatic carbocycles. The van der Waals surface area contributed by atoms with Crippen molar-refractivity contribution in [1.82, 2.24) is 24.7 Å². The second-order valence-corrected chi connectivity index (χ2v) is 5.72. The Kier molecular flexibility index (Phi) is 4.89. The van der Waals surface area contributed by atoms with Gasteiger partial charge in [0.25, 0.3) is 0 Å². The molecule has 1 N–H and O–H groups in total. The van der Waals surface area contributed by atoms with Crippen LogP contribution in [0, 0.1) is 21.8 Å². The standard InChI is InChI=1S/C15H15N7O3S/c1-10-17-18-15(26)21(10)16-8-11-3-4-13(25-2)12(7-11)9-20-6-5-14(19-20)22(23)24/h3-8H,9H2,1-2H3,(H,18,26). The first kappa shape index (κ1) is 17.5. The summed E-state index contributed by atoms with van der Waals surface area (Å²) in [5.41, 5.74) is 1.62. The van der Waals surface area contributed by atoms with Gasteiger partial charge in [-0.05, 0) is 47.8 Å². The van der Waals surface area contributed by atoms with E-state index < -0.39 is 4.92 Å². The number of aromatic amines is 1. The van der Waals surface area contributed by atoms with Crippen molar-refractivity contribution in [3.05, 3.63) is 62.3 Å². The number of nitro groups is 1. The average Bonchev–Trinajstić information content (AvgIpc) is 3.21. The molecule has 0 saturated heterocycles. The van der Waals surface area contributed by atoms with Crippen LogP contribution in [-0.2, 0) is 6.54 Å². The number of ether oxygens (including phenoxy) is 1. The van der Waals surface area contributed by atoms with E-state index in [9.17, 15) is 10.1 Å². The average molecular weight is 373 g/mol. The van der Waals surface area contributed by atoms with Crippen molar-refractivity contribution in [2.24, 2.45) is 5.10 Å². The fourth-order valence-corrected chi connectivity index (χ4v) is 2.57. The van der Waals surface area contributed by atoms with Crippen molar-refractivity contribution in [3.8, 4) is 5.75 Å². The van der Waals surface area contributed by atoms with Crippen molar-refractivity contribution < 1.29 is 9.66 Å². The molecule has 0 aliphatic heterocycles. The molecule has 3 rings (SSSR count). The minimum absolute atomic E-state index is 0.202. The first-order valence-electron chi connectivity index (χ1n) is 7.51. The molecule has 26 heavy (non-hydrogen) atoms. The van der Waals surface area contributed by atoms with E-state index in [1.807, 2.05) is 12.1 Å². The zero-order valence-corrected chi connectivity index (χ0v) is 14.8. The van der Waals surface area contributed by atoms with E-state index in [2.05, 4.69) is 20.4 Å². The van der Waals surface area contributed by atoms with Crippen molar-refractivity contribution in [2.75, 3.05) is 7.11 Å². The molecule has 0 fully saturated rings. The Hall–Kier alpha value is -3.34. The largest absolute Gasteiger partial charge is 0.496 e. The summed E-state index contributed by atoms with van der Waals surface area (Å²) in [6, 6.07) is 6.86. The summed E-state index contributed by atoms with van der Waals surface area (Å²) in [5, 5.41) is 25.6. The summed E-state index contributed by atoms with van der Waals surface area (Å²) in [6.07, 6.45) is 3.19. The van der Waals surface area contributed by atoms with Gasteiger partial charge in [0.05, 0.1) is 37.2 Å². The van der Waals surface area contributed by atoms with Crippen LogP contribution in [0.4, 0.5) is 5.82 Å². The smallest absolute Gasteiger partial charge is 0.389 e. The Morgan fingerprint density at radius 3 is 2.88 bits per heavy atom. The minimum atomic E-state index is -0.534. The van der Waals surface area contributed by atoms with Crippen molar-refractivity contribution in [3.63, 3.8) is 0 Å². The third kappa shape index (κ3) is 3.67. The maximum absolute atomic E-state index is 10.8. The van der Waals surface area contributed by atoms with Crippen LogP contribution in [0.5, 0.6) is 5.75 Å². The Labute approximate surface area is 152 Å². The first-order chi connectivity index (χ1) is 12.5. The molecule has 0 aliphatic rings. The van der Waals surface area contributed by atoms with Crippen molar-refractivity contribution in [2.45, 2.75) is 13.5 Å². The summed E-state index contributed by atoms with van der Waals surface area (Å²) in [6.45, 7) is 2.11. The van der Waals surface area contributed by atoms with Gasteiger partial charge in [-0.2, -0.15) is 19.6 Å². The number of hydrogen-bond donors (Lipinski definition) is 1. The third-order valence-electron chi connectivity index (χ3n) is 3.58. The van der Waals surface area contributed by atoms with Crippen molar-refractivity contribution in [1.29, 1.82) is 0 Å². The number of methoxy groups -OCH3 is 1. The first-order valence-corrected chi connectivity index (χ1v) is 7.92. The molecule has 0 radical (unpaired) electrons. The van der Waals surface area contributed by atoms with E-state index in [4.69, 9.17) is 17.0 Å². The zero-order valence-electron chi connectivity index (χ0n) is 14.0. The minimum Gasteiger partial charge on any atom is -0.496 e. The number of H-pyrrole nitrogens is 1. The number of hydrogen-bond acceptors (Lipinski definition) is 7. The molecule has 3 aromatic rings. The van der Waals surface area contributed by atoms with Crippen LogP contribution in [0.3, 0.4) is 0 Å². The number of rotatable bonds is 6. The Morgan fingerprint density at radius 2 is 2.27 bits per heavy atom. The van der Waals surface area contributed by atoms with Gasteiger partial charge in [0, 0.05) is 5.56 Å². The van der Waals surface area contributed by atoms with Gasteiger partial charge >= 0.3 is 5.82 Å². The van der Waals surface area contributed by atoms with Gasteiger partial charge in [0.15, 0.2) is 0 Å². The molecule has 0 spiro atoms. The summed E-state index contributed by atoms with van der Waals surface area (Å²) in [7, 11) is 1.56. The number of aromatic nitrogens is 5. The van der Waals surface area contributed by atoms with E-state index in [0.717, 1.165) is 11.1 Å². The fourth-order valence-electron chi connectivity index (χ4n) is 2.34. The molecule has 0 bridgehead atoms. The van der Waals surface area contributed by atoms with Gasteiger partial charge in [0.1, 0.15) is 11.6 Å². The molecule has 2 aromatic heterocycles. The van der Waals surface area contributed by atoms with Gasteiger partial charge in [-0.1, -0.05) is 0 Å². The maximum atomic E-state index is 10.8. The molecule has 0 saturated carbocycles. The lowest BCUT2D eigenvalue weighted by atomic mass is 10.1. The van der Waals surface area contributed by atoms with E-state index >= 15 is 0 Å². The summed E-state index contributed by atoms with van der Waals surface area (Å²) in [5.74, 6) is 1.09. The highest BCUT2D eigenvalue weighted by atomic mass is 32.1. The molecule has 1 aromatic carbocycles. The molecular weight excluding hydrogens is 358 g/mol. The van der Waals surface area contributed by atoms with Gasteiger partial charge in [0.2, 0.25) is 4.77 Å². The fraction of sp³-hybridized carbons (Fsp3) is 0.200. The lowest BCUT2D eigenvalue weighted by Gasteiger charge is -2.08. The van der Waals surface area contributed by atoms with E-state index in [-0.39, 0.29) is 5.82 Å². The zero-order chi connectivity index (χ0) is 18.7. The van der Waals surface area contributed by atoms with Crippen LogP contribution in [0.15, 0.2) is 35.6 Å². The number of nitrogens with zero attached hydrogens (tertiary/aromatic N) is 6. The predicted octanol–water partition coefficient (Wildman–Crippen LogP) is 2.29. The number of benzene rings is 1. The second-order valence-electron chi connectivity index (χ2n) is 5.33. The topological polar surface area (TPSA) is 116 Å². The Bertz CT molecular complexity index is 1030. The van der Waals surface area contributed by atoms with Crippen LogP contribution in [-0.4, -0.2) is 42.9 Å². The van der Waals surface area contributed by atoms with Crippen LogP contribution < -0.4 is 4.74 Å². The molecule has 0 atom stereocenters. The maximum Gasteiger partial charge on any atom is 0.389 e. The highest BCUT2D eigenvalue weighted by Gasteiger charge is 2.13. The lowest BCUT2D eigenvalue weighted by Crippen LogP contribution is -2.04. The molecule has 10 nitrogen and oxygen atoms in total. The summed E-state index contributed by atoms with van der Waals surface area (Å²) >= 11 is 5.11. The van der Waals surface area contributed by atoms with Gasteiger partial charge in [-0.25, -0.2) is 0 Å². The quantitative estimate of drug-likeness (QED) is 0.307. The molecular formula is C15H15N7O3S. The highest BCUT2D eigenvalue weighted by molar-refractivity contribution is 7.71. The third-order valence-corrected chi connectivity index (χ3v) is 3.85. The van der Waals surface area contributed by atoms with Crippen molar-refractivity contribution >= 4 is 24.3 Å². The van der Waals surface area contributed by atoms with Crippen LogP contribution in [0.2, 0.25) is 0 Å². The Balaban J connectivity index is 1.88. The molecule has 11 heteroatoms. The lowest BCUT2D eigenvalue weighted by molar-refractivity contribution is -0.389. The predicted molar refractivity (Wildman–Crippen MR) is 96.1 cm³/mol. The molecule has 0 amide bonds. The highest BCUT2D eigenvalue weighted by Crippen LogP contribution is 2.21. The molecule has 0 unspecified atom stereocenters. The summed E-state index contributed by atoms with van der Waals surface area (Å²) < 4.78 is 8.75. The van der Waals surface area contributed by atoms with Gasteiger partial charge < -0.3 is 14.9 Å². The van der Waals surface area contributed by atoms with Crippen LogP contribution in [0.1, 0.15) is 17.0 Å². The molecule has 2 heterocycles. The Morgan fingerprint density at radius 1 is 1.46 bits per heavy atom. The van der Waals surface area contributed by atoms with Gasteiger partial charge in [-0.3, -0.25) is 5.10 Å². The van der Waals surface area contributed by atoms with Gasteiger partial charge in [-0.15, -0.1) is 0 Å². The second kappa shape index (κ2) is 7.27. The normalized spacial score (nSPS) is 11.2.